The quantitative estimate of drug-likeness (QED) is 0.928. The van der Waals surface area contributed by atoms with Crippen molar-refractivity contribution in [2.45, 2.75) is 6.92 Å². The van der Waals surface area contributed by atoms with Crippen LogP contribution in [0.15, 0.2) is 22.7 Å². The number of rotatable bonds is 3. The summed E-state index contributed by atoms with van der Waals surface area (Å²) in [6.45, 7) is 2.43. The lowest BCUT2D eigenvalue weighted by Gasteiger charge is -2.13. The molecule has 0 aliphatic carbocycles. The Labute approximate surface area is 135 Å². The lowest BCUT2D eigenvalue weighted by molar-refractivity contribution is -0.142. The van der Waals surface area contributed by atoms with E-state index in [0.717, 1.165) is 4.88 Å². The summed E-state index contributed by atoms with van der Waals surface area (Å²) in [6, 6.07) is 5.09. The number of nitrogens with zero attached hydrogens (tertiary/aromatic N) is 2. The zero-order valence-corrected chi connectivity index (χ0v) is 13.2. The molecular weight excluding hydrogens is 328 g/mol. The van der Waals surface area contributed by atoms with Crippen LogP contribution in [0.1, 0.15) is 17.4 Å². The first-order chi connectivity index (χ1) is 10.5. The molecule has 1 aliphatic rings. The first-order valence-electron chi connectivity index (χ1n) is 6.70. The number of carboxylic acids is 1. The van der Waals surface area contributed by atoms with Gasteiger partial charge in [-0.3, -0.25) is 9.59 Å². The van der Waals surface area contributed by atoms with Crippen molar-refractivity contribution in [3.8, 4) is 10.6 Å². The molecule has 2 aromatic rings. The zero-order chi connectivity index (χ0) is 15.9. The summed E-state index contributed by atoms with van der Waals surface area (Å²) < 4.78 is 5.81. The summed E-state index contributed by atoms with van der Waals surface area (Å²) >= 11 is 7.20. The van der Waals surface area contributed by atoms with Crippen molar-refractivity contribution < 1.29 is 19.2 Å². The molecule has 0 spiro atoms. The van der Waals surface area contributed by atoms with E-state index in [1.807, 2.05) is 6.92 Å². The van der Waals surface area contributed by atoms with E-state index in [0.29, 0.717) is 16.6 Å². The molecule has 0 saturated carbocycles. The number of hydrogen-bond acceptors (Lipinski definition) is 5. The molecular formula is C14H13ClN2O4S. The molecule has 2 aromatic heterocycles. The lowest BCUT2D eigenvalue weighted by Crippen LogP contribution is -2.30. The maximum absolute atomic E-state index is 12.4. The van der Waals surface area contributed by atoms with Gasteiger partial charge in [-0.2, -0.15) is 0 Å². The average molecular weight is 341 g/mol. The van der Waals surface area contributed by atoms with Gasteiger partial charge >= 0.3 is 5.97 Å². The summed E-state index contributed by atoms with van der Waals surface area (Å²) in [6.07, 6.45) is 0. The van der Waals surface area contributed by atoms with E-state index in [4.69, 9.17) is 21.2 Å². The Bertz CT molecular complexity index is 726. The third kappa shape index (κ3) is 2.74. The van der Waals surface area contributed by atoms with Crippen molar-refractivity contribution in [2.75, 3.05) is 13.1 Å². The third-order valence-corrected chi connectivity index (χ3v) is 5.01. The number of hydrogen-bond donors (Lipinski definition) is 1. The second-order valence-corrected chi connectivity index (χ2v) is 7.03. The first kappa shape index (κ1) is 15.1. The van der Waals surface area contributed by atoms with Crippen LogP contribution in [0.5, 0.6) is 0 Å². The van der Waals surface area contributed by atoms with Crippen molar-refractivity contribution in [1.82, 2.24) is 10.1 Å². The fraction of sp³-hybridized carbons (Fsp3) is 0.357. The Morgan fingerprint density at radius 2 is 2.23 bits per heavy atom. The molecule has 2 atom stereocenters. The van der Waals surface area contributed by atoms with Crippen molar-refractivity contribution in [2.24, 2.45) is 11.8 Å². The molecule has 8 heteroatoms. The maximum atomic E-state index is 12.4. The highest BCUT2D eigenvalue weighted by atomic mass is 35.5. The molecule has 3 heterocycles. The van der Waals surface area contributed by atoms with Crippen LogP contribution >= 0.6 is 22.9 Å². The first-order valence-corrected chi connectivity index (χ1v) is 7.89. The predicted molar refractivity (Wildman–Crippen MR) is 81.0 cm³/mol. The normalized spacial score (nSPS) is 21.3. The predicted octanol–water partition coefficient (Wildman–Crippen LogP) is 2.85. The molecule has 0 bridgehead atoms. The number of carbonyl (C=O) groups excluding carboxylic acids is 1. The molecule has 3 rings (SSSR count). The summed E-state index contributed by atoms with van der Waals surface area (Å²) in [5, 5.41) is 12.9. The highest BCUT2D eigenvalue weighted by Crippen LogP contribution is 2.32. The van der Waals surface area contributed by atoms with Gasteiger partial charge in [-0.15, -0.1) is 11.3 Å². The monoisotopic (exact) mass is 340 g/mol. The zero-order valence-electron chi connectivity index (χ0n) is 11.7. The SMILES string of the molecule is C[C@@H]1CN(C(=O)c2cc(-c3ccc(Cl)s3)on2)C[C@H]1C(=O)O. The van der Waals surface area contributed by atoms with Crippen molar-refractivity contribution in [3.05, 3.63) is 28.2 Å². The van der Waals surface area contributed by atoms with E-state index in [1.54, 1.807) is 18.2 Å². The van der Waals surface area contributed by atoms with E-state index < -0.39 is 11.9 Å². The van der Waals surface area contributed by atoms with Gasteiger partial charge in [0.1, 0.15) is 0 Å². The van der Waals surface area contributed by atoms with Gasteiger partial charge in [0.05, 0.1) is 15.1 Å². The summed E-state index contributed by atoms with van der Waals surface area (Å²) in [5.41, 5.74) is 0.178. The van der Waals surface area contributed by atoms with E-state index in [9.17, 15) is 9.59 Å². The van der Waals surface area contributed by atoms with Crippen LogP contribution in [0.2, 0.25) is 4.34 Å². The molecule has 6 nitrogen and oxygen atoms in total. The molecule has 1 amide bonds. The Morgan fingerprint density at radius 3 is 2.82 bits per heavy atom. The minimum atomic E-state index is -0.878. The summed E-state index contributed by atoms with van der Waals surface area (Å²) in [7, 11) is 0. The smallest absolute Gasteiger partial charge is 0.308 e. The molecule has 0 unspecified atom stereocenters. The molecule has 1 fully saturated rings. The van der Waals surface area contributed by atoms with Gasteiger partial charge in [0, 0.05) is 19.2 Å². The van der Waals surface area contributed by atoms with E-state index in [2.05, 4.69) is 5.16 Å². The fourth-order valence-corrected chi connectivity index (χ4v) is 3.55. The van der Waals surface area contributed by atoms with Crippen LogP contribution in [-0.2, 0) is 4.79 Å². The molecule has 1 saturated heterocycles. The minimum absolute atomic E-state index is 0.0797. The number of aromatic nitrogens is 1. The maximum Gasteiger partial charge on any atom is 0.308 e. The van der Waals surface area contributed by atoms with Gasteiger partial charge in [0.25, 0.3) is 5.91 Å². The van der Waals surface area contributed by atoms with Gasteiger partial charge in [-0.05, 0) is 18.1 Å². The van der Waals surface area contributed by atoms with Crippen LogP contribution < -0.4 is 0 Å². The number of thiophene rings is 1. The van der Waals surface area contributed by atoms with Crippen LogP contribution in [0, 0.1) is 11.8 Å². The molecule has 0 radical (unpaired) electrons. The average Bonchev–Trinajstić information content (AvgIpc) is 3.16. The molecule has 1 aliphatic heterocycles. The molecule has 116 valence electrons. The van der Waals surface area contributed by atoms with Crippen molar-refractivity contribution >= 4 is 34.8 Å². The van der Waals surface area contributed by atoms with Gasteiger partial charge in [-0.25, -0.2) is 0 Å². The Hall–Kier alpha value is -1.86. The molecule has 22 heavy (non-hydrogen) atoms. The topological polar surface area (TPSA) is 83.6 Å². The molecule has 1 N–H and O–H groups in total. The van der Waals surface area contributed by atoms with Crippen molar-refractivity contribution in [1.29, 1.82) is 0 Å². The summed E-state index contributed by atoms with van der Waals surface area (Å²) in [5.74, 6) is -1.33. The minimum Gasteiger partial charge on any atom is -0.481 e. The lowest BCUT2D eigenvalue weighted by atomic mass is 9.99. The standard InChI is InChI=1S/C14H13ClN2O4S/c1-7-5-17(6-8(7)14(19)20)13(18)9-4-10(21-16-9)11-2-3-12(15)22-11/h2-4,7-8H,5-6H2,1H3,(H,19,20)/t7-,8-/m1/s1. The largest absolute Gasteiger partial charge is 0.481 e. The number of aliphatic carboxylic acids is 1. The Balaban J connectivity index is 1.76. The Kier molecular flexibility index (Phi) is 3.92. The van der Waals surface area contributed by atoms with Gasteiger partial charge < -0.3 is 14.5 Å². The van der Waals surface area contributed by atoms with Crippen LogP contribution in [0.25, 0.3) is 10.6 Å². The third-order valence-electron chi connectivity index (χ3n) is 3.76. The number of amides is 1. The van der Waals surface area contributed by atoms with E-state index >= 15 is 0 Å². The highest BCUT2D eigenvalue weighted by Gasteiger charge is 2.38. The number of halogens is 1. The number of carbonyl (C=O) groups is 2. The van der Waals surface area contributed by atoms with E-state index in [1.165, 1.54) is 16.2 Å². The fourth-order valence-electron chi connectivity index (χ4n) is 2.55. The highest BCUT2D eigenvalue weighted by molar-refractivity contribution is 7.19. The van der Waals surface area contributed by atoms with Gasteiger partial charge in [-0.1, -0.05) is 23.7 Å². The molecule has 0 aromatic carbocycles. The second-order valence-electron chi connectivity index (χ2n) is 5.31. The van der Waals surface area contributed by atoms with Gasteiger partial charge in [0.15, 0.2) is 11.5 Å². The second kappa shape index (κ2) is 5.73. The van der Waals surface area contributed by atoms with Crippen LogP contribution in [0.3, 0.4) is 0 Å². The van der Waals surface area contributed by atoms with Crippen LogP contribution in [0.4, 0.5) is 0 Å². The van der Waals surface area contributed by atoms with Crippen LogP contribution in [-0.4, -0.2) is 40.1 Å². The Morgan fingerprint density at radius 1 is 1.45 bits per heavy atom. The summed E-state index contributed by atoms with van der Waals surface area (Å²) in [4.78, 5) is 25.8. The number of carboxylic acid groups (broad SMARTS) is 1. The van der Waals surface area contributed by atoms with Gasteiger partial charge in [0.2, 0.25) is 0 Å². The van der Waals surface area contributed by atoms with Crippen molar-refractivity contribution in [3.63, 3.8) is 0 Å². The number of likely N-dealkylation sites (tertiary alicyclic amines) is 1. The van der Waals surface area contributed by atoms with E-state index in [-0.39, 0.29) is 24.1 Å².